The molecule has 0 saturated carbocycles. The molecular weight excluding hydrogens is 372 g/mol. The van der Waals surface area contributed by atoms with Crippen LogP contribution < -0.4 is 9.47 Å². The van der Waals surface area contributed by atoms with Gasteiger partial charge in [-0.15, -0.1) is 0 Å². The van der Waals surface area contributed by atoms with Gasteiger partial charge in [0.15, 0.2) is 0 Å². The van der Waals surface area contributed by atoms with Crippen LogP contribution in [0.15, 0.2) is 48.5 Å². The molecule has 0 aromatic heterocycles. The van der Waals surface area contributed by atoms with Crippen LogP contribution in [0.4, 0.5) is 0 Å². The van der Waals surface area contributed by atoms with Crippen molar-refractivity contribution in [1.29, 1.82) is 0 Å². The lowest BCUT2D eigenvalue weighted by molar-refractivity contribution is -0.00698. The molecular formula is C23H30O6. The molecule has 5 rings (SSSR count). The Morgan fingerprint density at radius 1 is 0.379 bits per heavy atom. The van der Waals surface area contributed by atoms with Crippen molar-refractivity contribution in [3.8, 4) is 11.5 Å². The van der Waals surface area contributed by atoms with E-state index in [0.717, 1.165) is 17.9 Å². The molecule has 0 fully saturated rings. The van der Waals surface area contributed by atoms with E-state index in [9.17, 15) is 0 Å². The summed E-state index contributed by atoms with van der Waals surface area (Å²) in [5.41, 5.74) is 2.47. The van der Waals surface area contributed by atoms with E-state index in [0.29, 0.717) is 66.1 Å². The van der Waals surface area contributed by atoms with Gasteiger partial charge in [0.05, 0.1) is 52.9 Å². The first kappa shape index (κ1) is 21.6. The number of benzene rings is 2. The van der Waals surface area contributed by atoms with Crippen LogP contribution in [0.1, 0.15) is 11.1 Å². The van der Waals surface area contributed by atoms with Gasteiger partial charge in [-0.3, -0.25) is 0 Å². The molecule has 0 aliphatic carbocycles. The first-order valence-electron chi connectivity index (χ1n) is 10.1. The van der Waals surface area contributed by atoms with E-state index in [1.54, 1.807) is 0 Å². The minimum atomic E-state index is 0.518. The number of fused-ring (bicyclic) bond motifs is 2. The van der Waals surface area contributed by atoms with Crippen LogP contribution >= 0.6 is 0 Å². The van der Waals surface area contributed by atoms with Crippen molar-refractivity contribution in [3.63, 3.8) is 0 Å². The summed E-state index contributed by atoms with van der Waals surface area (Å²) < 4.78 is 33.4. The molecule has 0 spiro atoms. The Morgan fingerprint density at radius 3 is 1.03 bits per heavy atom. The lowest BCUT2D eigenvalue weighted by atomic mass is 10.0. The van der Waals surface area contributed by atoms with Crippen molar-refractivity contribution >= 4 is 0 Å². The molecule has 0 amide bonds. The summed E-state index contributed by atoms with van der Waals surface area (Å²) in [5, 5.41) is 0. The molecule has 29 heavy (non-hydrogen) atoms. The Balaban J connectivity index is 1.50. The van der Waals surface area contributed by atoms with Crippen LogP contribution in [0.3, 0.4) is 0 Å². The molecule has 6 heteroatoms. The van der Waals surface area contributed by atoms with Crippen LogP contribution in [-0.4, -0.2) is 66.1 Å². The van der Waals surface area contributed by atoms with Crippen LogP contribution in [0.2, 0.25) is 0 Å². The highest BCUT2D eigenvalue weighted by atomic mass is 16.6. The topological polar surface area (TPSA) is 55.4 Å². The normalized spacial score (nSPS) is 18.2. The third-order valence-corrected chi connectivity index (χ3v) is 4.36. The zero-order valence-electron chi connectivity index (χ0n) is 16.8. The largest absolute Gasteiger partial charge is 0.491 e. The Labute approximate surface area is 172 Å². The summed E-state index contributed by atoms with van der Waals surface area (Å²) in [6.07, 6.45) is 0.868. The average molecular weight is 402 g/mol. The molecule has 0 saturated heterocycles. The van der Waals surface area contributed by atoms with E-state index in [1.165, 1.54) is 11.1 Å². The fourth-order valence-electron chi connectivity index (χ4n) is 2.84. The summed E-state index contributed by atoms with van der Waals surface area (Å²) in [6.45, 7) is 5.39. The number of hydrogen-bond acceptors (Lipinski definition) is 6. The zero-order chi connectivity index (χ0) is 20.0. The maximum Gasteiger partial charge on any atom is 0.119 e. The van der Waals surface area contributed by atoms with Gasteiger partial charge >= 0.3 is 0 Å². The van der Waals surface area contributed by atoms with Gasteiger partial charge in [-0.1, -0.05) is 24.3 Å². The van der Waals surface area contributed by atoms with Crippen molar-refractivity contribution in [2.45, 2.75) is 6.42 Å². The molecule has 3 aliphatic heterocycles. The minimum absolute atomic E-state index is 0.518. The molecule has 158 valence electrons. The van der Waals surface area contributed by atoms with E-state index in [4.69, 9.17) is 28.4 Å². The monoisotopic (exact) mass is 402 g/mol. The molecule has 4 bridgehead atoms. The van der Waals surface area contributed by atoms with Gasteiger partial charge in [0.1, 0.15) is 24.7 Å². The first-order chi connectivity index (χ1) is 14.4. The van der Waals surface area contributed by atoms with E-state index < -0.39 is 0 Å². The van der Waals surface area contributed by atoms with Gasteiger partial charge in [-0.2, -0.15) is 0 Å². The molecule has 3 heterocycles. The summed E-state index contributed by atoms with van der Waals surface area (Å²) >= 11 is 0. The van der Waals surface area contributed by atoms with Gasteiger partial charge in [-0.25, -0.2) is 0 Å². The Hall–Kier alpha value is -2.12. The molecule has 0 atom stereocenters. The van der Waals surface area contributed by atoms with Crippen LogP contribution in [0.25, 0.3) is 0 Å². The fourth-order valence-corrected chi connectivity index (χ4v) is 2.84. The average Bonchev–Trinajstić information content (AvgIpc) is 2.75. The molecule has 2 aromatic rings. The van der Waals surface area contributed by atoms with E-state index >= 15 is 0 Å². The molecule has 0 unspecified atom stereocenters. The summed E-state index contributed by atoms with van der Waals surface area (Å²) in [5.74, 6) is 1.70. The number of rotatable bonds is 0. The standard InChI is InChI=1S/C23H30O6/c1-5-22-6-2-20(1)19-21-3-7-23(8-4-21)29-18-16-27-14-12-25-10-9-24-11-13-26-15-17-28-22/h1-8H,9-19H2. The lowest BCUT2D eigenvalue weighted by Gasteiger charge is -2.09. The van der Waals surface area contributed by atoms with Gasteiger partial charge in [0.2, 0.25) is 0 Å². The molecule has 0 radical (unpaired) electrons. The Bertz CT molecular complexity index is 611. The maximum atomic E-state index is 5.72. The third-order valence-electron chi connectivity index (χ3n) is 4.36. The second kappa shape index (κ2) is 13.2. The first-order valence-corrected chi connectivity index (χ1v) is 10.1. The Kier molecular flexibility index (Phi) is 9.80. The van der Waals surface area contributed by atoms with Crippen molar-refractivity contribution in [3.05, 3.63) is 59.7 Å². The summed E-state index contributed by atoms with van der Waals surface area (Å²) in [4.78, 5) is 0. The summed E-state index contributed by atoms with van der Waals surface area (Å²) in [6, 6.07) is 16.4. The molecule has 6 nitrogen and oxygen atoms in total. The zero-order valence-corrected chi connectivity index (χ0v) is 16.8. The van der Waals surface area contributed by atoms with E-state index in [1.807, 2.05) is 24.3 Å². The van der Waals surface area contributed by atoms with Gasteiger partial charge < -0.3 is 28.4 Å². The highest BCUT2D eigenvalue weighted by Crippen LogP contribution is 2.18. The van der Waals surface area contributed by atoms with Gasteiger partial charge in [0, 0.05) is 0 Å². The van der Waals surface area contributed by atoms with Crippen molar-refractivity contribution in [2.24, 2.45) is 0 Å². The number of hydrogen-bond donors (Lipinski definition) is 0. The van der Waals surface area contributed by atoms with Crippen molar-refractivity contribution < 1.29 is 28.4 Å². The second-order valence-electron chi connectivity index (χ2n) is 6.61. The van der Waals surface area contributed by atoms with Gasteiger partial charge in [-0.05, 0) is 41.8 Å². The fraction of sp³-hybridized carbons (Fsp3) is 0.478. The molecule has 2 aromatic carbocycles. The summed E-state index contributed by atoms with van der Waals surface area (Å²) in [7, 11) is 0. The SMILES string of the molecule is c1cc2ccc1Cc1ccc(cc1)OCCOCCOCCOCCOCCO2. The second-order valence-corrected chi connectivity index (χ2v) is 6.61. The van der Waals surface area contributed by atoms with Crippen LogP contribution in [0, 0.1) is 0 Å². The quantitative estimate of drug-likeness (QED) is 0.675. The Morgan fingerprint density at radius 2 is 0.690 bits per heavy atom. The highest BCUT2D eigenvalue weighted by molar-refractivity contribution is 5.34. The third kappa shape index (κ3) is 8.83. The van der Waals surface area contributed by atoms with Crippen LogP contribution in [0.5, 0.6) is 11.5 Å². The molecule has 3 aliphatic rings. The van der Waals surface area contributed by atoms with Crippen molar-refractivity contribution in [1.82, 2.24) is 0 Å². The number of ether oxygens (including phenoxy) is 6. The minimum Gasteiger partial charge on any atom is -0.491 e. The van der Waals surface area contributed by atoms with E-state index in [2.05, 4.69) is 24.3 Å². The predicted octanol–water partition coefficient (Wildman–Crippen LogP) is 3.12. The smallest absolute Gasteiger partial charge is 0.119 e. The van der Waals surface area contributed by atoms with E-state index in [-0.39, 0.29) is 0 Å². The van der Waals surface area contributed by atoms with Gasteiger partial charge in [0.25, 0.3) is 0 Å². The highest BCUT2D eigenvalue weighted by Gasteiger charge is 2.01. The predicted molar refractivity (Wildman–Crippen MR) is 110 cm³/mol. The lowest BCUT2D eigenvalue weighted by Crippen LogP contribution is -2.14. The maximum absolute atomic E-state index is 5.72. The van der Waals surface area contributed by atoms with Crippen LogP contribution in [-0.2, 0) is 25.4 Å². The van der Waals surface area contributed by atoms with Crippen molar-refractivity contribution in [2.75, 3.05) is 66.1 Å². The molecule has 0 N–H and O–H groups in total.